The van der Waals surface area contributed by atoms with Gasteiger partial charge in [0.2, 0.25) is 5.95 Å². The third-order valence-corrected chi connectivity index (χ3v) is 8.85. The van der Waals surface area contributed by atoms with Gasteiger partial charge in [-0.25, -0.2) is 0 Å². The Morgan fingerprint density at radius 3 is 2.00 bits per heavy atom. The maximum Gasteiger partial charge on any atom is 0.278 e. The van der Waals surface area contributed by atoms with Crippen LogP contribution in [0, 0.1) is 0 Å². The maximum atomic E-state index is 12.6. The molecule has 0 aliphatic carbocycles. The summed E-state index contributed by atoms with van der Waals surface area (Å²) in [5.74, 6) is -0.0602. The number of ether oxygens (including phenoxy) is 1. The quantitative estimate of drug-likeness (QED) is 0.133. The predicted octanol–water partition coefficient (Wildman–Crippen LogP) is -2.06. The number of aliphatic hydroxyl groups is 2. The molecular formula is C29H51ClN7O8P. The molecule has 3 heterocycles. The number of nitrogens with zero attached hydrogens (tertiary/aromatic N) is 3. The van der Waals surface area contributed by atoms with Gasteiger partial charge in [0, 0.05) is 11.6 Å². The average Bonchev–Trinajstić information content (AvgIpc) is 3.51. The van der Waals surface area contributed by atoms with Crippen molar-refractivity contribution in [3.05, 3.63) is 45.2 Å². The van der Waals surface area contributed by atoms with Crippen molar-refractivity contribution in [2.45, 2.75) is 72.6 Å². The Morgan fingerprint density at radius 1 is 1.02 bits per heavy atom. The number of aliphatic hydroxyl groups excluding tert-OH is 2. The first-order valence-electron chi connectivity index (χ1n) is 15.7. The van der Waals surface area contributed by atoms with E-state index >= 15 is 0 Å². The highest BCUT2D eigenvalue weighted by atomic mass is 35.5. The van der Waals surface area contributed by atoms with E-state index in [1.165, 1.54) is 44.2 Å². The summed E-state index contributed by atoms with van der Waals surface area (Å²) in [5.41, 5.74) is 6.18. The molecule has 4 rings (SSSR count). The molecule has 1 saturated heterocycles. The van der Waals surface area contributed by atoms with Crippen molar-refractivity contribution in [2.24, 2.45) is 0 Å². The van der Waals surface area contributed by atoms with E-state index in [0.29, 0.717) is 5.02 Å². The van der Waals surface area contributed by atoms with Crippen molar-refractivity contribution in [2.75, 3.05) is 68.1 Å². The van der Waals surface area contributed by atoms with E-state index in [1.807, 2.05) is 0 Å². The fourth-order valence-corrected chi connectivity index (χ4v) is 5.66. The van der Waals surface area contributed by atoms with Crippen LogP contribution in [0.25, 0.3) is 0 Å². The van der Waals surface area contributed by atoms with E-state index in [9.17, 15) is 29.4 Å². The molecule has 2 aliphatic rings. The molecule has 262 valence electrons. The summed E-state index contributed by atoms with van der Waals surface area (Å²) < 4.78 is 20.5. The lowest BCUT2D eigenvalue weighted by Crippen LogP contribution is -3.11. The van der Waals surface area contributed by atoms with Crippen molar-refractivity contribution in [1.29, 1.82) is 0 Å². The van der Waals surface area contributed by atoms with Gasteiger partial charge in [0.1, 0.15) is 24.0 Å². The number of nitrogen functional groups attached to an aromatic ring is 1. The predicted molar refractivity (Wildman–Crippen MR) is 174 cm³/mol. The Labute approximate surface area is 276 Å². The molecule has 2 aliphatic heterocycles. The molecule has 0 spiro atoms. The van der Waals surface area contributed by atoms with Gasteiger partial charge >= 0.3 is 0 Å². The summed E-state index contributed by atoms with van der Waals surface area (Å²) >= 11 is 5.92. The number of phosphoric acid groups is 1. The van der Waals surface area contributed by atoms with Crippen LogP contribution in [0.2, 0.25) is 5.02 Å². The lowest BCUT2D eigenvalue weighted by molar-refractivity contribution is -0.894. The van der Waals surface area contributed by atoms with E-state index in [1.54, 1.807) is 39.0 Å². The second kappa shape index (κ2) is 18.9. The number of halogens is 1. The number of benzene rings is 1. The van der Waals surface area contributed by atoms with Crippen LogP contribution in [0.5, 0.6) is 0 Å². The van der Waals surface area contributed by atoms with Gasteiger partial charge in [0.25, 0.3) is 5.56 Å². The molecule has 0 unspecified atom stereocenters. The van der Waals surface area contributed by atoms with Crippen molar-refractivity contribution in [3.63, 3.8) is 0 Å². The minimum Gasteiger partial charge on any atom is -0.790 e. The maximum absolute atomic E-state index is 12.6. The van der Waals surface area contributed by atoms with Crippen LogP contribution in [-0.4, -0.2) is 97.3 Å². The summed E-state index contributed by atoms with van der Waals surface area (Å²) in [6.07, 6.45) is -5.61. The lowest BCUT2D eigenvalue weighted by Gasteiger charge is -2.30. The van der Waals surface area contributed by atoms with E-state index in [-0.39, 0.29) is 30.7 Å². The highest BCUT2D eigenvalue weighted by Gasteiger charge is 2.49. The number of aromatic amines is 1. The molecule has 1 fully saturated rings. The molecule has 0 saturated carbocycles. The SMILES string of the molecule is CC[NH+](CC)CC.CC[NH+](CC)CC.Nc1nc2c(c(=O)[nH]1)N(Cc1ccc(Cl)cc1)CN2[C@@H]1O[C@H](COP(=O)([O-])[O-])[C@@H](O)[C@H]1O. The van der Waals surface area contributed by atoms with Crippen molar-refractivity contribution >= 4 is 36.9 Å². The molecule has 4 atom stereocenters. The number of fused-ring (bicyclic) bond motifs is 1. The zero-order chi connectivity index (χ0) is 34.6. The average molecular weight is 692 g/mol. The van der Waals surface area contributed by atoms with Crippen molar-refractivity contribution in [3.8, 4) is 0 Å². The van der Waals surface area contributed by atoms with Gasteiger partial charge in [0.05, 0.1) is 60.4 Å². The zero-order valence-electron chi connectivity index (χ0n) is 27.6. The van der Waals surface area contributed by atoms with E-state index in [0.717, 1.165) is 5.56 Å². The topological polar surface area (TPSA) is 209 Å². The fraction of sp³-hybridized carbons (Fsp3) is 0.655. The number of phosphoric ester groups is 1. The molecule has 0 bridgehead atoms. The molecule has 46 heavy (non-hydrogen) atoms. The Balaban J connectivity index is 0.000000440. The van der Waals surface area contributed by atoms with Crippen LogP contribution < -0.4 is 40.7 Å². The van der Waals surface area contributed by atoms with Gasteiger partial charge in [0.15, 0.2) is 12.0 Å². The van der Waals surface area contributed by atoms with Gasteiger partial charge in [-0.1, -0.05) is 23.7 Å². The lowest BCUT2D eigenvalue weighted by atomic mass is 10.1. The van der Waals surface area contributed by atoms with Crippen molar-refractivity contribution < 1.29 is 43.6 Å². The minimum atomic E-state index is -5.31. The number of aromatic nitrogens is 2. The zero-order valence-corrected chi connectivity index (χ0v) is 29.2. The number of H-pyrrole nitrogens is 1. The normalized spacial score (nSPS) is 20.8. The fourth-order valence-electron chi connectivity index (χ4n) is 5.21. The third kappa shape index (κ3) is 11.4. The number of nitrogens with one attached hydrogen (secondary N) is 3. The largest absolute Gasteiger partial charge is 0.790 e. The van der Waals surface area contributed by atoms with Gasteiger partial charge in [-0.05, 0) is 59.2 Å². The second-order valence-electron chi connectivity index (χ2n) is 11.0. The summed E-state index contributed by atoms with van der Waals surface area (Å²) in [6.45, 7) is 20.5. The second-order valence-corrected chi connectivity index (χ2v) is 12.6. The molecule has 17 heteroatoms. The standard InChI is InChI=1S/C17H21ClN5O8P.2C6H15N/c18-9-3-1-8(2-4-9)5-22-7-23(14-11(22)15(26)21-17(19)20-14)16-13(25)12(24)10(31-16)6-30-32(27,28)29;2*1-4-7(5-2)6-3/h1-4,10,12-13,16,24-25H,5-7H2,(H2,27,28,29)(H3,19,20,21,26);2*4-6H2,1-3H3/t10-,12-,13-,16-;;/m1../s1. The van der Waals surface area contributed by atoms with Gasteiger partial charge in [-0.2, -0.15) is 4.98 Å². The summed E-state index contributed by atoms with van der Waals surface area (Å²) in [4.78, 5) is 47.2. The molecule has 0 amide bonds. The molecule has 1 aromatic heterocycles. The first kappa shape index (κ1) is 39.9. The molecule has 0 radical (unpaired) electrons. The molecule has 7 N–H and O–H groups in total. The Morgan fingerprint density at radius 2 is 1.54 bits per heavy atom. The highest BCUT2D eigenvalue weighted by Crippen LogP contribution is 2.38. The monoisotopic (exact) mass is 691 g/mol. The number of anilines is 3. The number of nitrogens with two attached hydrogens (primary N) is 1. The van der Waals surface area contributed by atoms with Gasteiger partial charge in [-0.3, -0.25) is 9.78 Å². The Bertz CT molecular complexity index is 1270. The van der Waals surface area contributed by atoms with Crippen LogP contribution in [0.1, 0.15) is 47.1 Å². The summed E-state index contributed by atoms with van der Waals surface area (Å²) in [6, 6.07) is 6.97. The number of hydrogen-bond acceptors (Lipinski definition) is 12. The minimum absolute atomic E-state index is 0.0289. The van der Waals surface area contributed by atoms with E-state index < -0.39 is 44.5 Å². The Hall–Kier alpha value is -2.30. The van der Waals surface area contributed by atoms with E-state index in [4.69, 9.17) is 22.1 Å². The van der Waals surface area contributed by atoms with Crippen LogP contribution in [0.15, 0.2) is 29.1 Å². The van der Waals surface area contributed by atoms with Crippen LogP contribution in [0.4, 0.5) is 17.5 Å². The smallest absolute Gasteiger partial charge is 0.278 e. The molecule has 2 aromatic rings. The van der Waals surface area contributed by atoms with Crippen molar-refractivity contribution in [1.82, 2.24) is 9.97 Å². The van der Waals surface area contributed by atoms with Crippen LogP contribution in [0.3, 0.4) is 0 Å². The summed E-state index contributed by atoms with van der Waals surface area (Å²) in [7, 11) is -5.31. The van der Waals surface area contributed by atoms with E-state index in [2.05, 4.69) is 56.0 Å². The molecule has 1 aromatic carbocycles. The van der Waals surface area contributed by atoms with Gasteiger partial charge in [-0.15, -0.1) is 0 Å². The number of hydrogen-bond donors (Lipinski definition) is 6. The first-order valence-corrected chi connectivity index (χ1v) is 17.6. The highest BCUT2D eigenvalue weighted by molar-refractivity contribution is 7.43. The Kier molecular flexibility index (Phi) is 16.4. The van der Waals surface area contributed by atoms with Gasteiger partial charge < -0.3 is 59.2 Å². The molecular weight excluding hydrogens is 641 g/mol. The summed E-state index contributed by atoms with van der Waals surface area (Å²) in [5, 5.41) is 21.3. The molecule has 15 nitrogen and oxygen atoms in total. The van der Waals surface area contributed by atoms with Crippen LogP contribution >= 0.6 is 19.4 Å². The number of rotatable bonds is 12. The number of quaternary nitrogens is 2. The third-order valence-electron chi connectivity index (χ3n) is 8.13. The van der Waals surface area contributed by atoms with Crippen LogP contribution in [-0.2, 0) is 20.4 Å². The first-order chi connectivity index (χ1) is 21.7.